The van der Waals surface area contributed by atoms with Crippen LogP contribution in [-0.4, -0.2) is 25.2 Å². The van der Waals surface area contributed by atoms with Gasteiger partial charge in [-0.25, -0.2) is 0 Å². The Morgan fingerprint density at radius 1 is 1.09 bits per heavy atom. The second-order valence-corrected chi connectivity index (χ2v) is 5.19. The third-order valence-electron chi connectivity index (χ3n) is 3.18. The second kappa shape index (κ2) is 6.58. The Bertz CT molecular complexity index is 763. The first-order chi connectivity index (χ1) is 11.1. The number of halogens is 1. The molecule has 0 saturated heterocycles. The summed E-state index contributed by atoms with van der Waals surface area (Å²) < 4.78 is 10.4. The number of anilines is 1. The normalized spacial score (nSPS) is 11.9. The van der Waals surface area contributed by atoms with E-state index in [1.54, 1.807) is 42.5 Å². The Kier molecular flexibility index (Phi) is 4.34. The number of carbonyl (C=O) groups excluding carboxylic acids is 2. The molecule has 0 spiro atoms. The Morgan fingerprint density at radius 2 is 1.87 bits per heavy atom. The van der Waals surface area contributed by atoms with Crippen molar-refractivity contribution in [3.8, 4) is 11.5 Å². The standard InChI is InChI=1S/C16H13ClN2O4/c17-12-4-2-1-3-11(12)16(21)18-8-15(20)19-10-5-6-13-14(7-10)23-9-22-13/h1-7H,8-9H2,(H,18,21)(H,19,20). The lowest BCUT2D eigenvalue weighted by molar-refractivity contribution is -0.115. The average molecular weight is 333 g/mol. The van der Waals surface area contributed by atoms with E-state index < -0.39 is 5.91 Å². The van der Waals surface area contributed by atoms with Gasteiger partial charge in [0, 0.05) is 11.8 Å². The average Bonchev–Trinajstić information content (AvgIpc) is 3.01. The molecule has 2 N–H and O–H groups in total. The fraction of sp³-hybridized carbons (Fsp3) is 0.125. The van der Waals surface area contributed by atoms with Gasteiger partial charge in [0.2, 0.25) is 12.7 Å². The van der Waals surface area contributed by atoms with Crippen LogP contribution in [0.15, 0.2) is 42.5 Å². The van der Waals surface area contributed by atoms with E-state index >= 15 is 0 Å². The van der Waals surface area contributed by atoms with Crippen LogP contribution in [0.25, 0.3) is 0 Å². The number of nitrogens with one attached hydrogen (secondary N) is 2. The molecule has 118 valence electrons. The summed E-state index contributed by atoms with van der Waals surface area (Å²) in [5, 5.41) is 5.53. The number of benzene rings is 2. The van der Waals surface area contributed by atoms with E-state index in [2.05, 4.69) is 10.6 Å². The quantitative estimate of drug-likeness (QED) is 0.901. The van der Waals surface area contributed by atoms with Crippen molar-refractivity contribution in [2.75, 3.05) is 18.7 Å². The van der Waals surface area contributed by atoms with Crippen molar-refractivity contribution in [2.24, 2.45) is 0 Å². The van der Waals surface area contributed by atoms with Crippen molar-refractivity contribution < 1.29 is 19.1 Å². The molecule has 0 atom stereocenters. The van der Waals surface area contributed by atoms with Gasteiger partial charge in [-0.2, -0.15) is 0 Å². The maximum Gasteiger partial charge on any atom is 0.253 e. The van der Waals surface area contributed by atoms with Crippen LogP contribution in [-0.2, 0) is 4.79 Å². The molecule has 0 saturated carbocycles. The highest BCUT2D eigenvalue weighted by molar-refractivity contribution is 6.33. The van der Waals surface area contributed by atoms with E-state index in [-0.39, 0.29) is 19.2 Å². The summed E-state index contributed by atoms with van der Waals surface area (Å²) in [7, 11) is 0. The van der Waals surface area contributed by atoms with Crippen LogP contribution in [0.1, 0.15) is 10.4 Å². The van der Waals surface area contributed by atoms with E-state index in [9.17, 15) is 9.59 Å². The molecular weight excluding hydrogens is 320 g/mol. The van der Waals surface area contributed by atoms with Gasteiger partial charge in [0.1, 0.15) is 0 Å². The molecule has 0 unspecified atom stereocenters. The minimum atomic E-state index is -0.406. The zero-order valence-electron chi connectivity index (χ0n) is 12.0. The summed E-state index contributed by atoms with van der Waals surface area (Å²) in [6.07, 6.45) is 0. The summed E-state index contributed by atoms with van der Waals surface area (Å²) >= 11 is 5.93. The fourth-order valence-corrected chi connectivity index (χ4v) is 2.30. The van der Waals surface area contributed by atoms with Gasteiger partial charge < -0.3 is 20.1 Å². The molecule has 1 heterocycles. The van der Waals surface area contributed by atoms with E-state index in [4.69, 9.17) is 21.1 Å². The Hall–Kier alpha value is -2.73. The molecule has 2 aromatic rings. The molecule has 23 heavy (non-hydrogen) atoms. The smallest absolute Gasteiger partial charge is 0.253 e. The Labute approximate surface area is 137 Å². The molecule has 0 aromatic heterocycles. The van der Waals surface area contributed by atoms with Gasteiger partial charge >= 0.3 is 0 Å². The first-order valence-electron chi connectivity index (χ1n) is 6.86. The second-order valence-electron chi connectivity index (χ2n) is 4.78. The molecule has 0 bridgehead atoms. The van der Waals surface area contributed by atoms with Crippen LogP contribution in [0.2, 0.25) is 5.02 Å². The zero-order chi connectivity index (χ0) is 16.2. The molecule has 6 nitrogen and oxygen atoms in total. The number of amides is 2. The summed E-state index contributed by atoms with van der Waals surface area (Å²) in [4.78, 5) is 23.9. The number of hydrogen-bond donors (Lipinski definition) is 2. The number of ether oxygens (including phenoxy) is 2. The third kappa shape index (κ3) is 3.54. The number of carbonyl (C=O) groups is 2. The van der Waals surface area contributed by atoms with Crippen LogP contribution in [0.3, 0.4) is 0 Å². The highest BCUT2D eigenvalue weighted by Crippen LogP contribution is 2.34. The highest BCUT2D eigenvalue weighted by atomic mass is 35.5. The fourth-order valence-electron chi connectivity index (χ4n) is 2.08. The van der Waals surface area contributed by atoms with Crippen molar-refractivity contribution in [1.29, 1.82) is 0 Å². The molecule has 2 aromatic carbocycles. The first kappa shape index (κ1) is 15.2. The van der Waals surface area contributed by atoms with Crippen LogP contribution >= 0.6 is 11.6 Å². The molecule has 3 rings (SSSR count). The van der Waals surface area contributed by atoms with E-state index in [0.29, 0.717) is 27.8 Å². The molecule has 1 aliphatic heterocycles. The molecule has 2 amide bonds. The number of rotatable bonds is 4. The Balaban J connectivity index is 1.56. The van der Waals surface area contributed by atoms with E-state index in [0.717, 1.165) is 0 Å². The van der Waals surface area contributed by atoms with Crippen LogP contribution in [0.5, 0.6) is 11.5 Å². The maximum atomic E-state index is 12.0. The molecule has 0 fully saturated rings. The molecule has 0 radical (unpaired) electrons. The van der Waals surface area contributed by atoms with E-state index in [1.165, 1.54) is 0 Å². The predicted molar refractivity (Wildman–Crippen MR) is 85.0 cm³/mol. The van der Waals surface area contributed by atoms with Gasteiger partial charge in [0.15, 0.2) is 11.5 Å². The van der Waals surface area contributed by atoms with Gasteiger partial charge in [-0.15, -0.1) is 0 Å². The summed E-state index contributed by atoms with van der Waals surface area (Å²) in [6.45, 7) is -0.000869. The summed E-state index contributed by atoms with van der Waals surface area (Å²) in [5.74, 6) is 0.443. The lowest BCUT2D eigenvalue weighted by Gasteiger charge is -2.08. The Morgan fingerprint density at radius 3 is 2.70 bits per heavy atom. The maximum absolute atomic E-state index is 12.0. The third-order valence-corrected chi connectivity index (χ3v) is 3.51. The summed E-state index contributed by atoms with van der Waals surface area (Å²) in [6, 6.07) is 11.7. The highest BCUT2D eigenvalue weighted by Gasteiger charge is 2.15. The van der Waals surface area contributed by atoms with Crippen molar-refractivity contribution in [1.82, 2.24) is 5.32 Å². The molecule has 0 aliphatic carbocycles. The van der Waals surface area contributed by atoms with Gasteiger partial charge in [-0.1, -0.05) is 23.7 Å². The minimum absolute atomic E-state index is 0.167. The van der Waals surface area contributed by atoms with E-state index in [1.807, 2.05) is 0 Å². The topological polar surface area (TPSA) is 76.7 Å². The van der Waals surface area contributed by atoms with Crippen molar-refractivity contribution in [3.63, 3.8) is 0 Å². The number of hydrogen-bond acceptors (Lipinski definition) is 4. The molecule has 7 heteroatoms. The molecular formula is C16H13ClN2O4. The SMILES string of the molecule is O=C(CNC(=O)c1ccccc1Cl)Nc1ccc2c(c1)OCO2. The van der Waals surface area contributed by atoms with Crippen molar-refractivity contribution in [3.05, 3.63) is 53.1 Å². The predicted octanol–water partition coefficient (Wildman–Crippen LogP) is 2.44. The first-order valence-corrected chi connectivity index (χ1v) is 7.23. The van der Waals surface area contributed by atoms with Gasteiger partial charge in [-0.3, -0.25) is 9.59 Å². The minimum Gasteiger partial charge on any atom is -0.454 e. The van der Waals surface area contributed by atoms with Gasteiger partial charge in [0.25, 0.3) is 5.91 Å². The molecule has 1 aliphatic rings. The summed E-state index contributed by atoms with van der Waals surface area (Å²) in [5.41, 5.74) is 0.885. The van der Waals surface area contributed by atoms with Crippen molar-refractivity contribution in [2.45, 2.75) is 0 Å². The van der Waals surface area contributed by atoms with Gasteiger partial charge in [-0.05, 0) is 24.3 Å². The number of fused-ring (bicyclic) bond motifs is 1. The lowest BCUT2D eigenvalue weighted by Crippen LogP contribution is -2.32. The van der Waals surface area contributed by atoms with Crippen LogP contribution in [0, 0.1) is 0 Å². The van der Waals surface area contributed by atoms with Crippen LogP contribution < -0.4 is 20.1 Å². The lowest BCUT2D eigenvalue weighted by atomic mass is 10.2. The van der Waals surface area contributed by atoms with Gasteiger partial charge in [0.05, 0.1) is 17.1 Å². The van der Waals surface area contributed by atoms with Crippen molar-refractivity contribution >= 4 is 29.1 Å². The zero-order valence-corrected chi connectivity index (χ0v) is 12.7. The largest absolute Gasteiger partial charge is 0.454 e. The monoisotopic (exact) mass is 332 g/mol. The van der Waals surface area contributed by atoms with Crippen LogP contribution in [0.4, 0.5) is 5.69 Å².